The summed E-state index contributed by atoms with van der Waals surface area (Å²) in [6.07, 6.45) is 0. The van der Waals surface area contributed by atoms with Gasteiger partial charge in [-0.3, -0.25) is 0 Å². The predicted octanol–water partition coefficient (Wildman–Crippen LogP) is 1.91. The van der Waals surface area contributed by atoms with Crippen LogP contribution in [0, 0.1) is 0 Å². The van der Waals surface area contributed by atoms with Gasteiger partial charge < -0.3 is 22.7 Å². The number of nitrogens with zero attached hydrogens (tertiary/aromatic N) is 1. The summed E-state index contributed by atoms with van der Waals surface area (Å²) in [6.45, 7) is 3.75. The van der Waals surface area contributed by atoms with Gasteiger partial charge in [0, 0.05) is 5.91 Å². The van der Waals surface area contributed by atoms with E-state index in [-0.39, 0.29) is 26.6 Å². The van der Waals surface area contributed by atoms with E-state index in [0.29, 0.717) is 6.54 Å². The van der Waals surface area contributed by atoms with E-state index in [1.165, 1.54) is 11.3 Å². The number of carbonyl (C=O) groups is 1. The van der Waals surface area contributed by atoms with Crippen molar-refractivity contribution >= 4 is 38.4 Å². The molecule has 0 saturated heterocycles. The third-order valence-corrected chi connectivity index (χ3v) is 3.69. The fraction of sp³-hybridized carbons (Fsp3) is 0.417. The van der Waals surface area contributed by atoms with E-state index in [1.807, 2.05) is 6.92 Å². The molecule has 0 heterocycles. The molecule has 2 nitrogen and oxygen atoms in total. The first-order chi connectivity index (χ1) is 7.56. The standard InChI is InChI=1S/C7H8Ge.C5H11NOS/c1-8-7-5-3-2-4-6-7;1-4(8)3-6-5(2)7/h2-6H,1H3;4H,3H2,1-2H3,(H2,6,7,8)/p-2. The number of rotatable bonds is 3. The molecule has 1 amide bonds. The van der Waals surface area contributed by atoms with Crippen molar-refractivity contribution in [2.45, 2.75) is 24.9 Å². The second-order valence-electron chi connectivity index (χ2n) is 3.29. The van der Waals surface area contributed by atoms with Crippen molar-refractivity contribution in [3.05, 3.63) is 35.6 Å². The van der Waals surface area contributed by atoms with Crippen LogP contribution in [0.3, 0.4) is 0 Å². The molecule has 1 unspecified atom stereocenters. The second-order valence-corrected chi connectivity index (χ2v) is 6.35. The topological polar surface area (TPSA) is 31.2 Å². The molecule has 0 fully saturated rings. The molecular weight excluding hydrogens is 279 g/mol. The average molecular weight is 296 g/mol. The molecule has 0 bridgehead atoms. The van der Waals surface area contributed by atoms with E-state index in [9.17, 15) is 4.79 Å². The molecule has 0 aliphatic carbocycles. The molecule has 0 aliphatic heterocycles. The summed E-state index contributed by atoms with van der Waals surface area (Å²) >= 11 is 4.95. The Balaban J connectivity index is 0.000000281. The Morgan fingerprint density at radius 1 is 1.44 bits per heavy atom. The van der Waals surface area contributed by atoms with Crippen LogP contribution < -0.4 is 4.40 Å². The van der Waals surface area contributed by atoms with Crippen LogP contribution in [0.5, 0.6) is 0 Å². The van der Waals surface area contributed by atoms with E-state index in [1.54, 1.807) is 0 Å². The summed E-state index contributed by atoms with van der Waals surface area (Å²) in [6, 6.07) is 10.6. The zero-order valence-electron chi connectivity index (χ0n) is 9.93. The SMILES string of the molecule is CC(=O)[N-]CC(C)[S-].[CH3][Ge][c]1ccccc1. The van der Waals surface area contributed by atoms with E-state index in [4.69, 9.17) is 12.6 Å². The Morgan fingerprint density at radius 2 is 2.00 bits per heavy atom. The first-order valence-corrected chi connectivity index (χ1v) is 8.74. The molecule has 0 N–H and O–H groups in total. The van der Waals surface area contributed by atoms with Crippen molar-refractivity contribution in [2.75, 3.05) is 6.54 Å². The van der Waals surface area contributed by atoms with Crippen molar-refractivity contribution in [3.63, 3.8) is 0 Å². The Bertz CT molecular complexity index is 290. The molecule has 2 radical (unpaired) electrons. The number of benzene rings is 1. The van der Waals surface area contributed by atoms with Crippen molar-refractivity contribution in [1.82, 2.24) is 0 Å². The van der Waals surface area contributed by atoms with Crippen LogP contribution in [0.2, 0.25) is 5.76 Å². The molecule has 4 heteroatoms. The third-order valence-electron chi connectivity index (χ3n) is 1.63. The molecule has 0 saturated carbocycles. The monoisotopic (exact) mass is 297 g/mol. The average Bonchev–Trinajstić information content (AvgIpc) is 2.28. The number of hydrogen-bond acceptors (Lipinski definition) is 2. The van der Waals surface area contributed by atoms with Gasteiger partial charge in [0.05, 0.1) is 0 Å². The Morgan fingerprint density at radius 3 is 2.25 bits per heavy atom. The van der Waals surface area contributed by atoms with Crippen LogP contribution in [-0.4, -0.2) is 33.1 Å². The van der Waals surface area contributed by atoms with E-state index in [0.717, 1.165) is 0 Å². The summed E-state index contributed by atoms with van der Waals surface area (Å²) in [5, 5.41) is 3.66. The Hall–Kier alpha value is -0.417. The second kappa shape index (κ2) is 9.78. The van der Waals surface area contributed by atoms with Gasteiger partial charge >= 0.3 is 55.9 Å². The third kappa shape index (κ3) is 10.1. The summed E-state index contributed by atoms with van der Waals surface area (Å²) in [5.74, 6) is 2.15. The predicted molar refractivity (Wildman–Crippen MR) is 73.4 cm³/mol. The molecule has 16 heavy (non-hydrogen) atoms. The van der Waals surface area contributed by atoms with Crippen molar-refractivity contribution in [1.29, 1.82) is 0 Å². The molecule has 0 spiro atoms. The van der Waals surface area contributed by atoms with Crippen LogP contribution in [0.1, 0.15) is 13.8 Å². The van der Waals surface area contributed by atoms with Gasteiger partial charge in [-0.2, -0.15) is 5.25 Å². The van der Waals surface area contributed by atoms with Gasteiger partial charge in [-0.05, 0) is 6.92 Å². The zero-order chi connectivity index (χ0) is 12.4. The zero-order valence-corrected chi connectivity index (χ0v) is 12.8. The first kappa shape index (κ1) is 15.6. The van der Waals surface area contributed by atoms with Crippen LogP contribution >= 0.6 is 0 Å². The molecule has 1 aromatic rings. The first-order valence-electron chi connectivity index (χ1n) is 5.13. The normalized spacial score (nSPS) is 11.0. The quantitative estimate of drug-likeness (QED) is 0.630. The number of hydrogen-bond donors (Lipinski definition) is 0. The molecule has 0 aromatic heterocycles. The maximum atomic E-state index is 10.1. The summed E-state index contributed by atoms with van der Waals surface area (Å²) in [7, 11) is 0. The van der Waals surface area contributed by atoms with E-state index >= 15 is 0 Å². The van der Waals surface area contributed by atoms with Crippen molar-refractivity contribution in [2.24, 2.45) is 0 Å². The van der Waals surface area contributed by atoms with Gasteiger partial charge in [0.1, 0.15) is 0 Å². The molecular formula is C12H17GeNOS-2. The van der Waals surface area contributed by atoms with Gasteiger partial charge in [-0.1, -0.05) is 6.92 Å². The fourth-order valence-electron chi connectivity index (χ4n) is 0.862. The van der Waals surface area contributed by atoms with Gasteiger partial charge in [0.15, 0.2) is 0 Å². The molecule has 1 aromatic carbocycles. The van der Waals surface area contributed by atoms with Gasteiger partial charge in [-0.25, -0.2) is 0 Å². The summed E-state index contributed by atoms with van der Waals surface area (Å²) in [4.78, 5) is 10.1. The number of amides is 1. The van der Waals surface area contributed by atoms with Gasteiger partial charge in [0.2, 0.25) is 0 Å². The van der Waals surface area contributed by atoms with Crippen LogP contribution in [0.25, 0.3) is 5.32 Å². The van der Waals surface area contributed by atoms with Crippen LogP contribution in [0.4, 0.5) is 0 Å². The Kier molecular flexibility index (Phi) is 9.53. The van der Waals surface area contributed by atoms with Crippen molar-refractivity contribution < 1.29 is 4.79 Å². The van der Waals surface area contributed by atoms with Gasteiger partial charge in [0.25, 0.3) is 0 Å². The number of carbonyl (C=O) groups excluding carboxylic acids is 1. The van der Waals surface area contributed by atoms with Crippen LogP contribution in [0.15, 0.2) is 30.3 Å². The fourth-order valence-corrected chi connectivity index (χ4v) is 2.04. The van der Waals surface area contributed by atoms with E-state index in [2.05, 4.69) is 41.4 Å². The Labute approximate surface area is 110 Å². The van der Waals surface area contributed by atoms with Crippen LogP contribution in [-0.2, 0) is 17.4 Å². The minimum atomic E-state index is -0.137. The molecule has 1 rings (SSSR count). The maximum absolute atomic E-state index is 10.1. The minimum absolute atomic E-state index is 0.0823. The summed E-state index contributed by atoms with van der Waals surface area (Å²) < 4.78 is 1.53. The summed E-state index contributed by atoms with van der Waals surface area (Å²) in [5.41, 5.74) is 0. The van der Waals surface area contributed by atoms with Gasteiger partial charge in [-0.15, -0.1) is 6.54 Å². The molecule has 1 atom stereocenters. The molecule has 0 aliphatic rings. The van der Waals surface area contributed by atoms with Crippen molar-refractivity contribution in [3.8, 4) is 0 Å². The van der Waals surface area contributed by atoms with E-state index < -0.39 is 0 Å². The molecule has 88 valence electrons.